The number of nitrogens with one attached hydrogen (secondary N) is 1. The Balaban J connectivity index is 1.64. The number of nitrogens with two attached hydrogens (primary N) is 1. The minimum Gasteiger partial charge on any atom is -0.398 e. The maximum Gasteiger partial charge on any atom is 0.0953 e. The molecule has 2 unspecified atom stereocenters. The van der Waals surface area contributed by atoms with Gasteiger partial charge in [0.15, 0.2) is 0 Å². The lowest BCUT2D eigenvalue weighted by Gasteiger charge is -2.26. The lowest BCUT2D eigenvalue weighted by Crippen LogP contribution is -2.16. The Morgan fingerprint density at radius 3 is 3.05 bits per heavy atom. The average Bonchev–Trinajstić information content (AvgIpc) is 2.50. The lowest BCUT2D eigenvalue weighted by atomic mass is 9.81. The number of anilines is 2. The minimum atomic E-state index is 0.796. The van der Waals surface area contributed by atoms with Crippen LogP contribution in [-0.4, -0.2) is 11.5 Å². The molecule has 112 valence electrons. The van der Waals surface area contributed by atoms with Gasteiger partial charge in [0.25, 0.3) is 0 Å². The molecule has 1 aliphatic carbocycles. The fourth-order valence-corrected chi connectivity index (χ4v) is 3.57. The van der Waals surface area contributed by atoms with E-state index in [-0.39, 0.29) is 0 Å². The van der Waals surface area contributed by atoms with E-state index in [1.807, 2.05) is 30.5 Å². The van der Waals surface area contributed by atoms with Crippen LogP contribution >= 0.6 is 0 Å². The molecule has 1 heterocycles. The number of rotatable bonds is 4. The molecule has 1 aromatic heterocycles. The van der Waals surface area contributed by atoms with Crippen molar-refractivity contribution in [1.82, 2.24) is 4.98 Å². The normalized spacial score (nSPS) is 22.3. The van der Waals surface area contributed by atoms with Gasteiger partial charge in [0.2, 0.25) is 0 Å². The third kappa shape index (κ3) is 3.29. The molecular formula is C18H25N3. The Morgan fingerprint density at radius 1 is 1.29 bits per heavy atom. The summed E-state index contributed by atoms with van der Waals surface area (Å²) in [4.78, 5) is 4.48. The Morgan fingerprint density at radius 2 is 2.19 bits per heavy atom. The molecule has 3 nitrogen and oxygen atoms in total. The van der Waals surface area contributed by atoms with Gasteiger partial charge < -0.3 is 11.1 Å². The van der Waals surface area contributed by atoms with E-state index in [0.29, 0.717) is 0 Å². The summed E-state index contributed by atoms with van der Waals surface area (Å²) in [7, 11) is 0. The molecule has 3 rings (SSSR count). The first-order valence-electron chi connectivity index (χ1n) is 8.11. The minimum absolute atomic E-state index is 0.796. The van der Waals surface area contributed by atoms with Crippen molar-refractivity contribution in [3.05, 3.63) is 30.5 Å². The second kappa shape index (κ2) is 6.33. The first-order chi connectivity index (χ1) is 10.2. The molecule has 1 fully saturated rings. The van der Waals surface area contributed by atoms with Crippen molar-refractivity contribution in [2.24, 2.45) is 11.8 Å². The zero-order valence-electron chi connectivity index (χ0n) is 12.8. The van der Waals surface area contributed by atoms with Crippen LogP contribution in [0.5, 0.6) is 0 Å². The zero-order chi connectivity index (χ0) is 14.7. The van der Waals surface area contributed by atoms with Gasteiger partial charge in [0.1, 0.15) is 0 Å². The molecule has 1 aromatic carbocycles. The molecule has 0 bridgehead atoms. The predicted molar refractivity (Wildman–Crippen MR) is 90.4 cm³/mol. The number of hydrogen-bond donors (Lipinski definition) is 2. The van der Waals surface area contributed by atoms with Crippen LogP contribution < -0.4 is 11.1 Å². The maximum absolute atomic E-state index is 6.02. The average molecular weight is 283 g/mol. The van der Waals surface area contributed by atoms with Crippen LogP contribution in [0, 0.1) is 11.8 Å². The number of aromatic nitrogens is 1. The van der Waals surface area contributed by atoms with E-state index in [1.165, 1.54) is 32.1 Å². The molecule has 0 saturated heterocycles. The van der Waals surface area contributed by atoms with Crippen LogP contribution in [0.4, 0.5) is 11.4 Å². The second-order valence-electron chi connectivity index (χ2n) is 6.46. The van der Waals surface area contributed by atoms with Crippen LogP contribution in [0.15, 0.2) is 30.5 Å². The summed E-state index contributed by atoms with van der Waals surface area (Å²) in [6, 6.07) is 7.99. The van der Waals surface area contributed by atoms with Crippen molar-refractivity contribution in [1.29, 1.82) is 0 Å². The molecule has 3 heteroatoms. The highest BCUT2D eigenvalue weighted by atomic mass is 14.9. The molecule has 0 spiro atoms. The molecule has 3 N–H and O–H groups in total. The smallest absolute Gasteiger partial charge is 0.0953 e. The van der Waals surface area contributed by atoms with Crippen LogP contribution in [0.25, 0.3) is 10.9 Å². The fraction of sp³-hybridized carbons (Fsp3) is 0.500. The third-order valence-corrected chi connectivity index (χ3v) is 4.72. The highest BCUT2D eigenvalue weighted by Crippen LogP contribution is 2.31. The summed E-state index contributed by atoms with van der Waals surface area (Å²) in [5, 5.41) is 4.59. The van der Waals surface area contributed by atoms with Crippen LogP contribution in [-0.2, 0) is 0 Å². The van der Waals surface area contributed by atoms with Gasteiger partial charge in [-0.15, -0.1) is 0 Å². The highest BCUT2D eigenvalue weighted by Gasteiger charge is 2.18. The van der Waals surface area contributed by atoms with E-state index in [4.69, 9.17) is 5.73 Å². The predicted octanol–water partition coefficient (Wildman–Crippen LogP) is 4.45. The van der Waals surface area contributed by atoms with Crippen molar-refractivity contribution < 1.29 is 0 Å². The fourth-order valence-electron chi connectivity index (χ4n) is 3.57. The van der Waals surface area contributed by atoms with Crippen molar-refractivity contribution in [2.75, 3.05) is 17.6 Å². The van der Waals surface area contributed by atoms with Crippen molar-refractivity contribution in [3.63, 3.8) is 0 Å². The van der Waals surface area contributed by atoms with E-state index in [0.717, 1.165) is 40.7 Å². The van der Waals surface area contributed by atoms with E-state index < -0.39 is 0 Å². The van der Waals surface area contributed by atoms with Gasteiger partial charge in [-0.25, -0.2) is 0 Å². The Bertz CT molecular complexity index is 608. The number of benzene rings is 1. The SMILES string of the molecule is CC1CCCC(CCNc2ccc(N)c3cccnc23)C1. The third-order valence-electron chi connectivity index (χ3n) is 4.72. The quantitative estimate of drug-likeness (QED) is 0.815. The van der Waals surface area contributed by atoms with E-state index in [9.17, 15) is 0 Å². The van der Waals surface area contributed by atoms with Gasteiger partial charge >= 0.3 is 0 Å². The maximum atomic E-state index is 6.02. The summed E-state index contributed by atoms with van der Waals surface area (Å²) in [6.45, 7) is 3.41. The highest BCUT2D eigenvalue weighted by molar-refractivity contribution is 5.98. The summed E-state index contributed by atoms with van der Waals surface area (Å²) in [5.41, 5.74) is 8.90. The number of hydrogen-bond acceptors (Lipinski definition) is 3. The standard InChI is InChI=1S/C18H25N3/c1-13-4-2-5-14(12-13)9-11-20-17-8-7-16(19)15-6-3-10-21-18(15)17/h3,6-8,10,13-14,20H,2,4-5,9,11-12,19H2,1H3. The van der Waals surface area contributed by atoms with Gasteiger partial charge in [-0.1, -0.05) is 26.2 Å². The van der Waals surface area contributed by atoms with Gasteiger partial charge in [-0.2, -0.15) is 0 Å². The summed E-state index contributed by atoms with van der Waals surface area (Å²) in [6.07, 6.45) is 8.68. The summed E-state index contributed by atoms with van der Waals surface area (Å²) >= 11 is 0. The zero-order valence-corrected chi connectivity index (χ0v) is 12.8. The van der Waals surface area contributed by atoms with Crippen molar-refractivity contribution in [3.8, 4) is 0 Å². The number of fused-ring (bicyclic) bond motifs is 1. The van der Waals surface area contributed by atoms with Gasteiger partial charge in [0, 0.05) is 23.8 Å². The summed E-state index contributed by atoms with van der Waals surface area (Å²) < 4.78 is 0. The monoisotopic (exact) mass is 283 g/mol. The number of nitrogen functional groups attached to an aromatic ring is 1. The molecular weight excluding hydrogens is 258 g/mol. The Labute approximate surface area is 127 Å². The van der Waals surface area contributed by atoms with Crippen LogP contribution in [0.1, 0.15) is 39.0 Å². The number of nitrogens with zero attached hydrogens (tertiary/aromatic N) is 1. The Hall–Kier alpha value is -1.77. The molecule has 1 saturated carbocycles. The molecule has 0 radical (unpaired) electrons. The van der Waals surface area contributed by atoms with Crippen molar-refractivity contribution >= 4 is 22.3 Å². The first-order valence-corrected chi connectivity index (χ1v) is 8.11. The van der Waals surface area contributed by atoms with Crippen LogP contribution in [0.2, 0.25) is 0 Å². The van der Waals surface area contributed by atoms with E-state index >= 15 is 0 Å². The topological polar surface area (TPSA) is 50.9 Å². The number of pyridine rings is 1. The molecule has 0 aliphatic heterocycles. The summed E-state index contributed by atoms with van der Waals surface area (Å²) in [5.74, 6) is 1.79. The van der Waals surface area contributed by atoms with E-state index in [1.54, 1.807) is 0 Å². The van der Waals surface area contributed by atoms with E-state index in [2.05, 4.69) is 17.2 Å². The Kier molecular flexibility index (Phi) is 4.28. The largest absolute Gasteiger partial charge is 0.398 e. The van der Waals surface area contributed by atoms with Gasteiger partial charge in [-0.05, 0) is 48.9 Å². The molecule has 2 aromatic rings. The molecule has 0 amide bonds. The second-order valence-corrected chi connectivity index (χ2v) is 6.46. The molecule has 21 heavy (non-hydrogen) atoms. The molecule has 2 atom stereocenters. The van der Waals surface area contributed by atoms with Crippen LogP contribution in [0.3, 0.4) is 0 Å². The van der Waals surface area contributed by atoms with Gasteiger partial charge in [0.05, 0.1) is 11.2 Å². The van der Waals surface area contributed by atoms with Crippen molar-refractivity contribution in [2.45, 2.75) is 39.0 Å². The molecule has 1 aliphatic rings. The van der Waals surface area contributed by atoms with Gasteiger partial charge in [-0.3, -0.25) is 4.98 Å². The first kappa shape index (κ1) is 14.2. The lowest BCUT2D eigenvalue weighted by molar-refractivity contribution is 0.274.